The fourth-order valence-corrected chi connectivity index (χ4v) is 2.24. The van der Waals surface area contributed by atoms with Crippen molar-refractivity contribution in [3.8, 4) is 0 Å². The SMILES string of the molecule is C[C@@H](CN)NC(=O)c1ccccc1CCc1ccccc1.Cl. The molecule has 2 aromatic carbocycles. The van der Waals surface area contributed by atoms with Crippen molar-refractivity contribution in [2.75, 3.05) is 6.54 Å². The predicted octanol–water partition coefficient (Wildman–Crippen LogP) is 2.97. The van der Waals surface area contributed by atoms with Gasteiger partial charge in [0.1, 0.15) is 0 Å². The Morgan fingerprint density at radius 3 is 2.36 bits per heavy atom. The lowest BCUT2D eigenvalue weighted by atomic mass is 9.99. The largest absolute Gasteiger partial charge is 0.348 e. The molecule has 0 aromatic heterocycles. The minimum atomic E-state index is -0.0448. The second kappa shape index (κ2) is 9.23. The van der Waals surface area contributed by atoms with E-state index in [0.717, 1.165) is 24.0 Å². The first kappa shape index (κ1) is 18.2. The maximum atomic E-state index is 12.3. The van der Waals surface area contributed by atoms with Crippen LogP contribution in [0.15, 0.2) is 54.6 Å². The summed E-state index contributed by atoms with van der Waals surface area (Å²) in [6, 6.07) is 18.1. The molecule has 3 nitrogen and oxygen atoms in total. The molecule has 0 heterocycles. The number of amides is 1. The van der Waals surface area contributed by atoms with E-state index in [2.05, 4.69) is 17.4 Å². The van der Waals surface area contributed by atoms with Gasteiger partial charge in [-0.15, -0.1) is 12.4 Å². The highest BCUT2D eigenvalue weighted by molar-refractivity contribution is 5.95. The number of rotatable bonds is 6. The topological polar surface area (TPSA) is 55.1 Å². The zero-order chi connectivity index (χ0) is 15.1. The van der Waals surface area contributed by atoms with Gasteiger partial charge in [0.05, 0.1) is 0 Å². The van der Waals surface area contributed by atoms with Gasteiger partial charge in [0.2, 0.25) is 0 Å². The molecule has 0 spiro atoms. The maximum absolute atomic E-state index is 12.3. The normalized spacial score (nSPS) is 11.4. The van der Waals surface area contributed by atoms with Crippen molar-refractivity contribution in [1.82, 2.24) is 5.32 Å². The molecule has 0 fully saturated rings. The van der Waals surface area contributed by atoms with E-state index in [1.807, 2.05) is 49.4 Å². The van der Waals surface area contributed by atoms with Gasteiger partial charge in [-0.1, -0.05) is 48.5 Å². The molecule has 22 heavy (non-hydrogen) atoms. The van der Waals surface area contributed by atoms with Crippen molar-refractivity contribution < 1.29 is 4.79 Å². The maximum Gasteiger partial charge on any atom is 0.251 e. The lowest BCUT2D eigenvalue weighted by molar-refractivity contribution is 0.0940. The average Bonchev–Trinajstić information content (AvgIpc) is 2.54. The van der Waals surface area contributed by atoms with Crippen LogP contribution >= 0.6 is 12.4 Å². The highest BCUT2D eigenvalue weighted by atomic mass is 35.5. The van der Waals surface area contributed by atoms with Gasteiger partial charge in [0, 0.05) is 18.2 Å². The van der Waals surface area contributed by atoms with E-state index in [-0.39, 0.29) is 24.4 Å². The van der Waals surface area contributed by atoms with E-state index in [9.17, 15) is 4.79 Å². The molecule has 0 saturated heterocycles. The van der Waals surface area contributed by atoms with Crippen LogP contribution in [0.5, 0.6) is 0 Å². The summed E-state index contributed by atoms with van der Waals surface area (Å²) < 4.78 is 0. The van der Waals surface area contributed by atoms with Gasteiger partial charge in [0.15, 0.2) is 0 Å². The van der Waals surface area contributed by atoms with Crippen LogP contribution in [-0.2, 0) is 12.8 Å². The Hall–Kier alpha value is -1.84. The highest BCUT2D eigenvalue weighted by Gasteiger charge is 2.12. The summed E-state index contributed by atoms with van der Waals surface area (Å²) in [4.78, 5) is 12.3. The summed E-state index contributed by atoms with van der Waals surface area (Å²) in [5.41, 5.74) is 8.65. The lowest BCUT2D eigenvalue weighted by Gasteiger charge is -2.14. The summed E-state index contributed by atoms with van der Waals surface area (Å²) in [6.07, 6.45) is 1.78. The average molecular weight is 319 g/mol. The van der Waals surface area contributed by atoms with Gasteiger partial charge in [-0.05, 0) is 37.0 Å². The van der Waals surface area contributed by atoms with E-state index >= 15 is 0 Å². The molecular weight excluding hydrogens is 296 g/mol. The third-order valence-electron chi connectivity index (χ3n) is 3.52. The molecule has 0 radical (unpaired) electrons. The third-order valence-corrected chi connectivity index (χ3v) is 3.52. The van der Waals surface area contributed by atoms with E-state index in [1.54, 1.807) is 0 Å². The van der Waals surface area contributed by atoms with E-state index < -0.39 is 0 Å². The van der Waals surface area contributed by atoms with Gasteiger partial charge in [-0.2, -0.15) is 0 Å². The Kier molecular flexibility index (Phi) is 7.64. The molecule has 4 heteroatoms. The summed E-state index contributed by atoms with van der Waals surface area (Å²) in [5.74, 6) is -0.0448. The van der Waals surface area contributed by atoms with Crippen LogP contribution in [0.2, 0.25) is 0 Å². The number of carbonyl (C=O) groups excluding carboxylic acids is 1. The van der Waals surface area contributed by atoms with Crippen molar-refractivity contribution >= 4 is 18.3 Å². The first-order chi connectivity index (χ1) is 10.2. The molecule has 0 saturated carbocycles. The Morgan fingerprint density at radius 2 is 1.68 bits per heavy atom. The molecule has 118 valence electrons. The number of nitrogens with two attached hydrogens (primary N) is 1. The molecule has 1 amide bonds. The number of carbonyl (C=O) groups is 1. The molecule has 0 unspecified atom stereocenters. The van der Waals surface area contributed by atoms with Crippen LogP contribution in [0, 0.1) is 0 Å². The Morgan fingerprint density at radius 1 is 1.05 bits per heavy atom. The van der Waals surface area contributed by atoms with Crippen molar-refractivity contribution in [3.63, 3.8) is 0 Å². The fraction of sp³-hybridized carbons (Fsp3) is 0.278. The van der Waals surface area contributed by atoms with Crippen molar-refractivity contribution in [1.29, 1.82) is 0 Å². The number of nitrogens with one attached hydrogen (secondary N) is 1. The van der Waals surface area contributed by atoms with Crippen LogP contribution in [0.3, 0.4) is 0 Å². The molecule has 0 aliphatic carbocycles. The molecule has 3 N–H and O–H groups in total. The van der Waals surface area contributed by atoms with Gasteiger partial charge in [0.25, 0.3) is 5.91 Å². The second-order valence-electron chi connectivity index (χ2n) is 5.25. The highest BCUT2D eigenvalue weighted by Crippen LogP contribution is 2.13. The molecule has 2 rings (SSSR count). The summed E-state index contributed by atoms with van der Waals surface area (Å²) in [5, 5.41) is 2.92. The zero-order valence-corrected chi connectivity index (χ0v) is 13.6. The molecule has 1 atom stereocenters. The molecule has 2 aromatic rings. The number of aryl methyl sites for hydroxylation is 2. The molecule has 0 aliphatic rings. The molecular formula is C18H23ClN2O. The Balaban J connectivity index is 0.00000242. The summed E-state index contributed by atoms with van der Waals surface area (Å²) >= 11 is 0. The minimum Gasteiger partial charge on any atom is -0.348 e. The third kappa shape index (κ3) is 5.17. The second-order valence-corrected chi connectivity index (χ2v) is 5.25. The monoisotopic (exact) mass is 318 g/mol. The summed E-state index contributed by atoms with van der Waals surface area (Å²) in [6.45, 7) is 2.35. The standard InChI is InChI=1S/C18H22N2O.ClH/c1-14(13-19)20-18(21)17-10-6-5-9-16(17)12-11-15-7-3-2-4-8-15;/h2-10,14H,11-13,19H2,1H3,(H,20,21);1H/t14-;/m0./s1. The number of hydrogen-bond donors (Lipinski definition) is 2. The van der Waals surface area contributed by atoms with Crippen LogP contribution in [0.1, 0.15) is 28.4 Å². The van der Waals surface area contributed by atoms with E-state index in [1.165, 1.54) is 5.56 Å². The van der Waals surface area contributed by atoms with Gasteiger partial charge >= 0.3 is 0 Å². The number of hydrogen-bond acceptors (Lipinski definition) is 2. The fourth-order valence-electron chi connectivity index (χ4n) is 2.24. The smallest absolute Gasteiger partial charge is 0.251 e. The van der Waals surface area contributed by atoms with Crippen LogP contribution in [0.25, 0.3) is 0 Å². The zero-order valence-electron chi connectivity index (χ0n) is 12.8. The number of halogens is 1. The van der Waals surface area contributed by atoms with E-state index in [0.29, 0.717) is 6.54 Å². The van der Waals surface area contributed by atoms with Gasteiger partial charge in [-0.3, -0.25) is 4.79 Å². The lowest BCUT2D eigenvalue weighted by Crippen LogP contribution is -2.38. The van der Waals surface area contributed by atoms with Crippen LogP contribution in [0.4, 0.5) is 0 Å². The van der Waals surface area contributed by atoms with Crippen molar-refractivity contribution in [2.45, 2.75) is 25.8 Å². The van der Waals surface area contributed by atoms with Crippen molar-refractivity contribution in [3.05, 3.63) is 71.3 Å². The summed E-state index contributed by atoms with van der Waals surface area (Å²) in [7, 11) is 0. The first-order valence-electron chi connectivity index (χ1n) is 7.33. The first-order valence-corrected chi connectivity index (χ1v) is 7.33. The number of benzene rings is 2. The van der Waals surface area contributed by atoms with E-state index in [4.69, 9.17) is 5.73 Å². The van der Waals surface area contributed by atoms with Gasteiger partial charge in [-0.25, -0.2) is 0 Å². The van der Waals surface area contributed by atoms with Gasteiger partial charge < -0.3 is 11.1 Å². The Bertz CT molecular complexity index is 587. The van der Waals surface area contributed by atoms with Crippen molar-refractivity contribution in [2.24, 2.45) is 5.73 Å². The molecule has 0 aliphatic heterocycles. The molecule has 0 bridgehead atoms. The van der Waals surface area contributed by atoms with Crippen LogP contribution < -0.4 is 11.1 Å². The quantitative estimate of drug-likeness (QED) is 0.860. The minimum absolute atomic E-state index is 0. The Labute approximate surface area is 138 Å². The predicted molar refractivity (Wildman–Crippen MR) is 93.5 cm³/mol. The van der Waals surface area contributed by atoms with Crippen LogP contribution in [-0.4, -0.2) is 18.5 Å².